The number of aromatic nitrogens is 2. The van der Waals surface area contributed by atoms with E-state index in [1.54, 1.807) is 18.2 Å². The summed E-state index contributed by atoms with van der Waals surface area (Å²) in [6.45, 7) is 6.95. The van der Waals surface area contributed by atoms with E-state index in [9.17, 15) is 4.79 Å². The van der Waals surface area contributed by atoms with Crippen LogP contribution in [-0.4, -0.2) is 22.5 Å². The first kappa shape index (κ1) is 14.4. The molecule has 0 bridgehead atoms. The lowest BCUT2D eigenvalue weighted by Crippen LogP contribution is -2.26. The summed E-state index contributed by atoms with van der Waals surface area (Å²) in [6.07, 6.45) is 1.97. The summed E-state index contributed by atoms with van der Waals surface area (Å²) >= 11 is 0. The summed E-state index contributed by atoms with van der Waals surface area (Å²) in [6, 6.07) is 5.07. The smallest absolute Gasteiger partial charge is 0.251 e. The molecule has 0 aliphatic carbocycles. The van der Waals surface area contributed by atoms with Crippen molar-refractivity contribution < 1.29 is 14.3 Å². The zero-order valence-corrected chi connectivity index (χ0v) is 12.9. The van der Waals surface area contributed by atoms with Crippen molar-refractivity contribution in [2.75, 3.05) is 6.79 Å². The molecule has 1 atom stereocenters. The van der Waals surface area contributed by atoms with Gasteiger partial charge < -0.3 is 14.8 Å². The van der Waals surface area contributed by atoms with Gasteiger partial charge >= 0.3 is 0 Å². The van der Waals surface area contributed by atoms with Crippen LogP contribution in [0.15, 0.2) is 24.4 Å². The minimum atomic E-state index is -0.144. The number of fused-ring (bicyclic) bond motifs is 1. The summed E-state index contributed by atoms with van der Waals surface area (Å²) in [5, 5.41) is 7.40. The highest BCUT2D eigenvalue weighted by Crippen LogP contribution is 2.32. The van der Waals surface area contributed by atoms with Gasteiger partial charge in [0.1, 0.15) is 0 Å². The lowest BCUT2D eigenvalue weighted by Gasteiger charge is -2.13. The van der Waals surface area contributed by atoms with Crippen LogP contribution in [0.1, 0.15) is 41.5 Å². The number of hydrogen-bond donors (Lipinski definition) is 1. The monoisotopic (exact) mass is 301 g/mol. The van der Waals surface area contributed by atoms with E-state index < -0.39 is 0 Å². The second kappa shape index (κ2) is 5.71. The molecule has 1 amide bonds. The van der Waals surface area contributed by atoms with Crippen molar-refractivity contribution in [2.45, 2.75) is 33.4 Å². The molecule has 2 heterocycles. The lowest BCUT2D eigenvalue weighted by atomic mass is 10.1. The van der Waals surface area contributed by atoms with Gasteiger partial charge in [-0.25, -0.2) is 0 Å². The van der Waals surface area contributed by atoms with E-state index in [0.717, 1.165) is 17.8 Å². The molecule has 0 radical (unpaired) electrons. The van der Waals surface area contributed by atoms with Gasteiger partial charge in [0.25, 0.3) is 5.91 Å². The van der Waals surface area contributed by atoms with Crippen molar-refractivity contribution in [3.8, 4) is 11.5 Å². The van der Waals surface area contributed by atoms with Crippen molar-refractivity contribution in [1.29, 1.82) is 0 Å². The van der Waals surface area contributed by atoms with Crippen molar-refractivity contribution in [3.05, 3.63) is 41.2 Å². The Kier molecular flexibility index (Phi) is 3.75. The molecule has 1 aromatic heterocycles. The number of carbonyl (C=O) groups is 1. The molecule has 3 rings (SSSR count). The van der Waals surface area contributed by atoms with Crippen molar-refractivity contribution >= 4 is 5.91 Å². The summed E-state index contributed by atoms with van der Waals surface area (Å²) in [7, 11) is 0. The van der Waals surface area contributed by atoms with E-state index >= 15 is 0 Å². The van der Waals surface area contributed by atoms with E-state index in [2.05, 4.69) is 10.4 Å². The van der Waals surface area contributed by atoms with E-state index in [0.29, 0.717) is 17.1 Å². The number of nitrogens with zero attached hydrogens (tertiary/aromatic N) is 2. The maximum Gasteiger partial charge on any atom is 0.251 e. The molecular formula is C16H19N3O3. The van der Waals surface area contributed by atoms with Crippen LogP contribution in [0.25, 0.3) is 0 Å². The quantitative estimate of drug-likeness (QED) is 0.942. The van der Waals surface area contributed by atoms with E-state index in [1.165, 1.54) is 0 Å². The molecule has 6 heteroatoms. The summed E-state index contributed by atoms with van der Waals surface area (Å²) in [4.78, 5) is 12.4. The van der Waals surface area contributed by atoms with Gasteiger partial charge in [0.2, 0.25) is 6.79 Å². The number of carbonyl (C=O) groups excluding carboxylic acids is 1. The largest absolute Gasteiger partial charge is 0.454 e. The third kappa shape index (κ3) is 2.64. The molecule has 0 spiro atoms. The molecular weight excluding hydrogens is 282 g/mol. The van der Waals surface area contributed by atoms with Gasteiger partial charge in [-0.1, -0.05) is 0 Å². The predicted octanol–water partition coefficient (Wildman–Crippen LogP) is 2.43. The molecule has 1 aliphatic heterocycles. The number of ether oxygens (including phenoxy) is 2. The molecule has 2 aromatic rings. The first-order valence-electron chi connectivity index (χ1n) is 7.33. The Morgan fingerprint density at radius 2 is 2.18 bits per heavy atom. The first-order valence-corrected chi connectivity index (χ1v) is 7.33. The second-order valence-electron chi connectivity index (χ2n) is 5.29. The average Bonchev–Trinajstić information content (AvgIpc) is 3.12. The van der Waals surface area contributed by atoms with E-state index in [1.807, 2.05) is 31.6 Å². The summed E-state index contributed by atoms with van der Waals surface area (Å²) in [5.74, 6) is 1.13. The highest BCUT2D eigenvalue weighted by molar-refractivity contribution is 5.95. The van der Waals surface area contributed by atoms with Gasteiger partial charge in [0, 0.05) is 23.9 Å². The van der Waals surface area contributed by atoms with Crippen LogP contribution < -0.4 is 14.8 Å². The SMILES string of the molecule is CCn1cc(C(C)NC(=O)c2ccc3c(c2)OCO3)c(C)n1. The Balaban J connectivity index is 1.74. The summed E-state index contributed by atoms with van der Waals surface area (Å²) in [5.41, 5.74) is 2.51. The molecule has 0 saturated heterocycles. The minimum absolute atomic E-state index is 0.113. The fourth-order valence-electron chi connectivity index (χ4n) is 2.52. The maximum absolute atomic E-state index is 12.4. The van der Waals surface area contributed by atoms with Gasteiger partial charge in [-0.05, 0) is 39.0 Å². The number of aryl methyl sites for hydroxylation is 2. The Hall–Kier alpha value is -2.50. The number of hydrogen-bond acceptors (Lipinski definition) is 4. The highest BCUT2D eigenvalue weighted by atomic mass is 16.7. The van der Waals surface area contributed by atoms with Crippen LogP contribution in [0.4, 0.5) is 0 Å². The third-order valence-electron chi connectivity index (χ3n) is 3.76. The summed E-state index contributed by atoms with van der Waals surface area (Å²) < 4.78 is 12.4. The van der Waals surface area contributed by atoms with Crippen LogP contribution >= 0.6 is 0 Å². The van der Waals surface area contributed by atoms with Crippen LogP contribution in [-0.2, 0) is 6.54 Å². The zero-order chi connectivity index (χ0) is 15.7. The predicted molar refractivity (Wildman–Crippen MR) is 81.1 cm³/mol. The lowest BCUT2D eigenvalue weighted by molar-refractivity contribution is 0.0939. The fourth-order valence-corrected chi connectivity index (χ4v) is 2.52. The molecule has 0 saturated carbocycles. The Bertz CT molecular complexity index is 709. The molecule has 1 N–H and O–H groups in total. The molecule has 6 nitrogen and oxygen atoms in total. The van der Waals surface area contributed by atoms with E-state index in [4.69, 9.17) is 9.47 Å². The van der Waals surface area contributed by atoms with E-state index in [-0.39, 0.29) is 18.7 Å². The third-order valence-corrected chi connectivity index (χ3v) is 3.76. The van der Waals surface area contributed by atoms with Crippen LogP contribution in [0.2, 0.25) is 0 Å². The standard InChI is InChI=1S/C16H19N3O3/c1-4-19-8-13(11(3)18-19)10(2)17-16(20)12-5-6-14-15(7-12)22-9-21-14/h5-8,10H,4,9H2,1-3H3,(H,17,20). The molecule has 1 unspecified atom stereocenters. The Morgan fingerprint density at radius 1 is 1.41 bits per heavy atom. The van der Waals surface area contributed by atoms with Crippen LogP contribution in [0, 0.1) is 6.92 Å². The zero-order valence-electron chi connectivity index (χ0n) is 12.9. The normalized spacial score (nSPS) is 14.0. The average molecular weight is 301 g/mol. The van der Waals surface area contributed by atoms with Gasteiger partial charge in [0.15, 0.2) is 11.5 Å². The minimum Gasteiger partial charge on any atom is -0.454 e. The van der Waals surface area contributed by atoms with Gasteiger partial charge in [-0.2, -0.15) is 5.10 Å². The molecule has 1 aromatic carbocycles. The van der Waals surface area contributed by atoms with Crippen LogP contribution in [0.5, 0.6) is 11.5 Å². The van der Waals surface area contributed by atoms with Crippen molar-refractivity contribution in [1.82, 2.24) is 15.1 Å². The Labute approximate surface area is 129 Å². The van der Waals surface area contributed by atoms with Gasteiger partial charge in [-0.3, -0.25) is 9.48 Å². The first-order chi connectivity index (χ1) is 10.6. The fraction of sp³-hybridized carbons (Fsp3) is 0.375. The number of nitrogens with one attached hydrogen (secondary N) is 1. The topological polar surface area (TPSA) is 65.4 Å². The highest BCUT2D eigenvalue weighted by Gasteiger charge is 2.19. The van der Waals surface area contributed by atoms with Crippen LogP contribution in [0.3, 0.4) is 0 Å². The van der Waals surface area contributed by atoms with Crippen molar-refractivity contribution in [3.63, 3.8) is 0 Å². The van der Waals surface area contributed by atoms with Gasteiger partial charge in [0.05, 0.1) is 11.7 Å². The Morgan fingerprint density at radius 3 is 2.91 bits per heavy atom. The number of amides is 1. The second-order valence-corrected chi connectivity index (χ2v) is 5.29. The molecule has 1 aliphatic rings. The number of benzene rings is 1. The molecule has 0 fully saturated rings. The molecule has 116 valence electrons. The van der Waals surface area contributed by atoms with Gasteiger partial charge in [-0.15, -0.1) is 0 Å². The maximum atomic E-state index is 12.4. The molecule has 22 heavy (non-hydrogen) atoms. The van der Waals surface area contributed by atoms with Crippen molar-refractivity contribution in [2.24, 2.45) is 0 Å². The number of rotatable bonds is 4.